The third-order valence-electron chi connectivity index (χ3n) is 3.75. The summed E-state index contributed by atoms with van der Waals surface area (Å²) in [5.41, 5.74) is 0.0345. The Bertz CT molecular complexity index is 877. The minimum absolute atomic E-state index is 0.0141. The molecule has 1 heterocycles. The fourth-order valence-corrected chi connectivity index (χ4v) is 3.12. The van der Waals surface area contributed by atoms with Gasteiger partial charge >= 0.3 is 5.97 Å². The van der Waals surface area contributed by atoms with Crippen LogP contribution >= 0.6 is 0 Å². The highest BCUT2D eigenvalue weighted by Gasteiger charge is 2.18. The molecule has 2 rings (SSSR count). The highest BCUT2D eigenvalue weighted by atomic mass is 32.2. The predicted octanol–water partition coefficient (Wildman–Crippen LogP) is 1.83. The van der Waals surface area contributed by atoms with E-state index in [0.717, 1.165) is 6.42 Å². The molecule has 1 aromatic heterocycles. The van der Waals surface area contributed by atoms with Gasteiger partial charge in [-0.3, -0.25) is 4.79 Å². The SMILES string of the molecule is CC[C@@H](C)NC(=O)COC(=O)c1cccc(S(=O)(=O)NCc2ccco2)c1. The van der Waals surface area contributed by atoms with E-state index < -0.39 is 28.5 Å². The Hall–Kier alpha value is -2.65. The number of sulfonamides is 1. The molecule has 0 unspecified atom stereocenters. The van der Waals surface area contributed by atoms with Crippen molar-refractivity contribution < 1.29 is 27.2 Å². The normalized spacial score (nSPS) is 12.4. The molecule has 1 amide bonds. The van der Waals surface area contributed by atoms with Crippen LogP contribution in [0.5, 0.6) is 0 Å². The minimum Gasteiger partial charge on any atom is -0.468 e. The molecule has 8 nitrogen and oxygen atoms in total. The maximum atomic E-state index is 12.4. The van der Waals surface area contributed by atoms with Gasteiger partial charge < -0.3 is 14.5 Å². The average Bonchev–Trinajstić information content (AvgIpc) is 3.18. The van der Waals surface area contributed by atoms with Gasteiger partial charge in [-0.1, -0.05) is 13.0 Å². The molecule has 0 saturated heterocycles. The fourth-order valence-electron chi connectivity index (χ4n) is 2.09. The van der Waals surface area contributed by atoms with Gasteiger partial charge in [0, 0.05) is 6.04 Å². The Morgan fingerprint density at radius 3 is 2.67 bits per heavy atom. The number of esters is 1. The molecule has 2 N–H and O–H groups in total. The third-order valence-corrected chi connectivity index (χ3v) is 5.15. The molecule has 0 radical (unpaired) electrons. The lowest BCUT2D eigenvalue weighted by Crippen LogP contribution is -2.35. The van der Waals surface area contributed by atoms with Crippen molar-refractivity contribution in [2.75, 3.05) is 6.61 Å². The lowest BCUT2D eigenvalue weighted by molar-refractivity contribution is -0.124. The number of furan rings is 1. The number of carbonyl (C=O) groups is 2. The van der Waals surface area contributed by atoms with Crippen molar-refractivity contribution in [2.24, 2.45) is 0 Å². The van der Waals surface area contributed by atoms with E-state index in [4.69, 9.17) is 9.15 Å². The van der Waals surface area contributed by atoms with Gasteiger partial charge in [0.15, 0.2) is 6.61 Å². The summed E-state index contributed by atoms with van der Waals surface area (Å²) >= 11 is 0. The van der Waals surface area contributed by atoms with E-state index in [-0.39, 0.29) is 23.0 Å². The van der Waals surface area contributed by atoms with Gasteiger partial charge in [-0.15, -0.1) is 0 Å². The first-order valence-corrected chi connectivity index (χ1v) is 9.88. The average molecular weight is 394 g/mol. The number of amides is 1. The molecule has 0 bridgehead atoms. The monoisotopic (exact) mass is 394 g/mol. The van der Waals surface area contributed by atoms with Crippen molar-refractivity contribution in [3.05, 3.63) is 54.0 Å². The van der Waals surface area contributed by atoms with Crippen LogP contribution in [0.2, 0.25) is 0 Å². The first-order chi connectivity index (χ1) is 12.8. The summed E-state index contributed by atoms with van der Waals surface area (Å²) in [6.45, 7) is 3.31. The van der Waals surface area contributed by atoms with Gasteiger partial charge in [-0.05, 0) is 43.7 Å². The molecule has 9 heteroatoms. The first kappa shape index (κ1) is 20.7. The quantitative estimate of drug-likeness (QED) is 0.627. The van der Waals surface area contributed by atoms with Crippen LogP contribution in [0, 0.1) is 0 Å². The molecule has 2 aromatic rings. The lowest BCUT2D eigenvalue weighted by atomic mass is 10.2. The molecule has 0 aliphatic heterocycles. The summed E-state index contributed by atoms with van der Waals surface area (Å²) in [5.74, 6) is -0.736. The summed E-state index contributed by atoms with van der Waals surface area (Å²) in [6.07, 6.45) is 2.20. The fraction of sp³-hybridized carbons (Fsp3) is 0.333. The number of hydrogen-bond donors (Lipinski definition) is 2. The van der Waals surface area contributed by atoms with Gasteiger partial charge in [0.2, 0.25) is 10.0 Å². The third kappa shape index (κ3) is 6.22. The van der Waals surface area contributed by atoms with Crippen LogP contribution in [0.25, 0.3) is 0 Å². The number of hydrogen-bond acceptors (Lipinski definition) is 6. The Morgan fingerprint density at radius 1 is 1.22 bits per heavy atom. The van der Waals surface area contributed by atoms with Crippen molar-refractivity contribution in [1.82, 2.24) is 10.0 Å². The zero-order chi connectivity index (χ0) is 19.9. The second kappa shape index (κ2) is 9.33. The number of carbonyl (C=O) groups excluding carboxylic acids is 2. The van der Waals surface area contributed by atoms with Crippen LogP contribution in [0.15, 0.2) is 52.0 Å². The van der Waals surface area contributed by atoms with Gasteiger partial charge in [-0.2, -0.15) is 0 Å². The Kier molecular flexibility index (Phi) is 7.14. The smallest absolute Gasteiger partial charge is 0.338 e. The molecule has 1 atom stereocenters. The van der Waals surface area contributed by atoms with Crippen molar-refractivity contribution in [2.45, 2.75) is 37.8 Å². The zero-order valence-electron chi connectivity index (χ0n) is 15.1. The molecule has 0 aliphatic rings. The number of benzene rings is 1. The summed E-state index contributed by atoms with van der Waals surface area (Å²) < 4.78 is 37.1. The van der Waals surface area contributed by atoms with E-state index in [1.165, 1.54) is 30.5 Å². The highest BCUT2D eigenvalue weighted by molar-refractivity contribution is 7.89. The van der Waals surface area contributed by atoms with Crippen molar-refractivity contribution >= 4 is 21.9 Å². The second-order valence-electron chi connectivity index (χ2n) is 5.88. The van der Waals surface area contributed by atoms with Crippen LogP contribution in [0.1, 0.15) is 36.4 Å². The van der Waals surface area contributed by atoms with Crippen LogP contribution in [-0.2, 0) is 26.1 Å². The standard InChI is InChI=1S/C18H22N2O6S/c1-3-13(2)20-17(21)12-26-18(22)14-6-4-8-16(10-14)27(23,24)19-11-15-7-5-9-25-15/h4-10,13,19H,3,11-12H2,1-2H3,(H,20,21)/t13-/m1/s1. The van der Waals surface area contributed by atoms with Gasteiger partial charge in [-0.25, -0.2) is 17.9 Å². The van der Waals surface area contributed by atoms with Crippen LogP contribution < -0.4 is 10.0 Å². The van der Waals surface area contributed by atoms with Crippen LogP contribution in [-0.4, -0.2) is 32.9 Å². The molecular weight excluding hydrogens is 372 g/mol. The highest BCUT2D eigenvalue weighted by Crippen LogP contribution is 2.13. The van der Waals surface area contributed by atoms with Crippen LogP contribution in [0.4, 0.5) is 0 Å². The van der Waals surface area contributed by atoms with E-state index >= 15 is 0 Å². The van der Waals surface area contributed by atoms with Gasteiger partial charge in [0.05, 0.1) is 23.3 Å². The van der Waals surface area contributed by atoms with E-state index in [1.807, 2.05) is 13.8 Å². The zero-order valence-corrected chi connectivity index (χ0v) is 15.9. The summed E-state index contributed by atoms with van der Waals surface area (Å²) in [5, 5.41) is 2.67. The van der Waals surface area contributed by atoms with Crippen molar-refractivity contribution in [3.63, 3.8) is 0 Å². The first-order valence-electron chi connectivity index (χ1n) is 8.40. The Morgan fingerprint density at radius 2 is 2.00 bits per heavy atom. The molecule has 27 heavy (non-hydrogen) atoms. The Labute approximate surface area is 157 Å². The predicted molar refractivity (Wildman–Crippen MR) is 97.4 cm³/mol. The van der Waals surface area contributed by atoms with Gasteiger partial charge in [0.25, 0.3) is 5.91 Å². The number of rotatable bonds is 9. The van der Waals surface area contributed by atoms with E-state index in [1.54, 1.807) is 12.1 Å². The van der Waals surface area contributed by atoms with Crippen molar-refractivity contribution in [1.29, 1.82) is 0 Å². The largest absolute Gasteiger partial charge is 0.468 e. The topological polar surface area (TPSA) is 115 Å². The van der Waals surface area contributed by atoms with E-state index in [9.17, 15) is 18.0 Å². The maximum Gasteiger partial charge on any atom is 0.338 e. The molecule has 0 fully saturated rings. The number of ether oxygens (including phenoxy) is 1. The summed E-state index contributed by atoms with van der Waals surface area (Å²) in [4.78, 5) is 23.7. The molecule has 0 saturated carbocycles. The number of nitrogens with one attached hydrogen (secondary N) is 2. The minimum atomic E-state index is -3.84. The molecule has 1 aromatic carbocycles. The van der Waals surface area contributed by atoms with Crippen LogP contribution in [0.3, 0.4) is 0 Å². The van der Waals surface area contributed by atoms with Crippen molar-refractivity contribution in [3.8, 4) is 0 Å². The molecule has 0 aliphatic carbocycles. The molecule has 146 valence electrons. The summed E-state index contributed by atoms with van der Waals surface area (Å²) in [6, 6.07) is 8.66. The second-order valence-corrected chi connectivity index (χ2v) is 7.65. The Balaban J connectivity index is 1.99. The molecular formula is C18H22N2O6S. The summed E-state index contributed by atoms with van der Waals surface area (Å²) in [7, 11) is -3.84. The maximum absolute atomic E-state index is 12.4. The lowest BCUT2D eigenvalue weighted by Gasteiger charge is -2.11. The van der Waals surface area contributed by atoms with E-state index in [2.05, 4.69) is 10.0 Å². The van der Waals surface area contributed by atoms with E-state index in [0.29, 0.717) is 5.76 Å². The van der Waals surface area contributed by atoms with Gasteiger partial charge in [0.1, 0.15) is 5.76 Å². The molecule has 0 spiro atoms.